The number of anilines is 1. The summed E-state index contributed by atoms with van der Waals surface area (Å²) in [5.74, 6) is -2.41. The number of aromatic nitrogens is 4. The molecule has 14 heteroatoms. The van der Waals surface area contributed by atoms with E-state index in [1.165, 1.54) is 12.0 Å². The van der Waals surface area contributed by atoms with E-state index in [-0.39, 0.29) is 22.2 Å². The number of rotatable bonds is 6. The SMILES string of the molecule is CO/N=C(/C(=O)N[C@@H]1C(=O)N2C(C(=O)O)=C([n+]3ccc4ncn(C)c4c3)CC[C@H]12)c1csc(N)n1. The number of nitrogens with two attached hydrogens (primary N) is 1. The van der Waals surface area contributed by atoms with E-state index in [0.29, 0.717) is 18.5 Å². The average Bonchev–Trinajstić information content (AvgIpc) is 3.44. The van der Waals surface area contributed by atoms with Crippen LogP contribution < -0.4 is 15.6 Å². The number of oxime groups is 1. The standard InChI is InChI=1S/C21H20N8O5S/c1-27-9-23-10-5-6-28(7-14(10)27)13-4-3-12-16(19(31)29(12)17(13)20(32)33)25-18(30)15(26-34-2)11-8-35-21(22)24-11/h5-9,12,16H,3-4H2,1-2H3,(H3-,22,24,25,30,32,33)/p+1/b26-15+/t12-,16+/m1/s1. The summed E-state index contributed by atoms with van der Waals surface area (Å²) < 4.78 is 3.53. The second-order valence-electron chi connectivity index (χ2n) is 8.04. The zero-order valence-electron chi connectivity index (χ0n) is 18.7. The Morgan fingerprint density at radius 2 is 2.23 bits per heavy atom. The van der Waals surface area contributed by atoms with Crippen molar-refractivity contribution in [3.63, 3.8) is 0 Å². The summed E-state index contributed by atoms with van der Waals surface area (Å²) in [5, 5.41) is 18.2. The lowest BCUT2D eigenvalue weighted by Gasteiger charge is -2.48. The quantitative estimate of drug-likeness (QED) is 0.180. The number of nitrogens with zero attached hydrogens (tertiary/aromatic N) is 6. The molecule has 3 aromatic heterocycles. The predicted molar refractivity (Wildman–Crippen MR) is 124 cm³/mol. The highest BCUT2D eigenvalue weighted by Crippen LogP contribution is 2.37. The van der Waals surface area contributed by atoms with Crippen molar-refractivity contribution in [1.82, 2.24) is 24.8 Å². The lowest BCUT2D eigenvalue weighted by Crippen LogP contribution is -2.72. The number of fused-ring (bicyclic) bond motifs is 2. The number of carboxylic acids is 1. The van der Waals surface area contributed by atoms with Crippen molar-refractivity contribution in [2.75, 3.05) is 12.8 Å². The summed E-state index contributed by atoms with van der Waals surface area (Å²) >= 11 is 1.13. The first-order valence-corrected chi connectivity index (χ1v) is 11.4. The van der Waals surface area contributed by atoms with E-state index >= 15 is 0 Å². The van der Waals surface area contributed by atoms with Crippen LogP contribution in [0.15, 0.2) is 41.0 Å². The first-order valence-electron chi connectivity index (χ1n) is 10.6. The summed E-state index contributed by atoms with van der Waals surface area (Å²) in [6, 6.07) is 0.379. The Morgan fingerprint density at radius 3 is 2.91 bits per heavy atom. The van der Waals surface area contributed by atoms with Crippen molar-refractivity contribution in [3.05, 3.63) is 41.6 Å². The van der Waals surface area contributed by atoms with Gasteiger partial charge in [-0.05, 0) is 6.42 Å². The van der Waals surface area contributed by atoms with E-state index in [9.17, 15) is 19.5 Å². The van der Waals surface area contributed by atoms with Crippen LogP contribution in [-0.2, 0) is 26.3 Å². The Kier molecular flexibility index (Phi) is 5.43. The van der Waals surface area contributed by atoms with E-state index in [2.05, 4.69) is 20.4 Å². The maximum atomic E-state index is 13.1. The van der Waals surface area contributed by atoms with Gasteiger partial charge in [0.2, 0.25) is 11.9 Å². The molecule has 0 aromatic carbocycles. The lowest BCUT2D eigenvalue weighted by molar-refractivity contribution is -0.583. The minimum atomic E-state index is -1.22. The number of allylic oxidation sites excluding steroid dienone is 1. The number of imidazole rings is 1. The van der Waals surface area contributed by atoms with E-state index in [1.54, 1.807) is 34.7 Å². The van der Waals surface area contributed by atoms with Gasteiger partial charge in [-0.1, -0.05) is 5.16 Å². The number of nitrogens with one attached hydrogen (secondary N) is 1. The molecule has 2 atom stereocenters. The molecule has 1 fully saturated rings. The lowest BCUT2D eigenvalue weighted by atomic mass is 9.85. The maximum Gasteiger partial charge on any atom is 0.359 e. The monoisotopic (exact) mass is 497 g/mol. The second kappa shape index (κ2) is 8.47. The van der Waals surface area contributed by atoms with Crippen molar-refractivity contribution in [1.29, 1.82) is 0 Å². The molecule has 1 saturated heterocycles. The molecule has 0 radical (unpaired) electrons. The van der Waals surface area contributed by atoms with Gasteiger partial charge >= 0.3 is 5.97 Å². The summed E-state index contributed by atoms with van der Waals surface area (Å²) in [6.07, 6.45) is 6.03. The molecule has 0 aliphatic carbocycles. The number of hydrogen-bond donors (Lipinski definition) is 3. The molecule has 0 saturated carbocycles. The number of nitrogen functional groups attached to an aromatic ring is 1. The van der Waals surface area contributed by atoms with Gasteiger partial charge in [0.05, 0.1) is 12.4 Å². The third-order valence-corrected chi connectivity index (χ3v) is 6.71. The van der Waals surface area contributed by atoms with Gasteiger partial charge in [0.25, 0.3) is 11.8 Å². The van der Waals surface area contributed by atoms with Crippen LogP contribution in [0.1, 0.15) is 18.5 Å². The average molecular weight is 498 g/mol. The van der Waals surface area contributed by atoms with Crippen molar-refractivity contribution in [3.8, 4) is 0 Å². The molecule has 13 nitrogen and oxygen atoms in total. The smallest absolute Gasteiger partial charge is 0.359 e. The molecule has 2 amide bonds. The Morgan fingerprint density at radius 1 is 1.43 bits per heavy atom. The molecule has 180 valence electrons. The van der Waals surface area contributed by atoms with Crippen LogP contribution in [0.25, 0.3) is 16.7 Å². The molecule has 4 N–H and O–H groups in total. The molecule has 0 bridgehead atoms. The number of hydrogen-bond acceptors (Lipinski definition) is 9. The molecular formula is C21H21N8O5S+. The zero-order chi connectivity index (χ0) is 24.9. The molecule has 2 aliphatic heterocycles. The fourth-order valence-electron chi connectivity index (χ4n) is 4.43. The molecule has 0 unspecified atom stereocenters. The molecule has 3 aromatic rings. The Balaban J connectivity index is 1.42. The zero-order valence-corrected chi connectivity index (χ0v) is 19.5. The fourth-order valence-corrected chi connectivity index (χ4v) is 4.98. The van der Waals surface area contributed by atoms with Crippen molar-refractivity contribution in [2.45, 2.75) is 24.9 Å². The molecule has 35 heavy (non-hydrogen) atoms. The Labute approximate surface area is 202 Å². The normalized spacial score (nSPS) is 20.0. The largest absolute Gasteiger partial charge is 0.476 e. The van der Waals surface area contributed by atoms with Gasteiger partial charge in [-0.25, -0.2) is 14.8 Å². The molecule has 0 spiro atoms. The van der Waals surface area contributed by atoms with Gasteiger partial charge in [0.1, 0.15) is 29.9 Å². The summed E-state index contributed by atoms with van der Waals surface area (Å²) in [6.45, 7) is 0. The first kappa shape index (κ1) is 22.5. The number of thiazole rings is 1. The van der Waals surface area contributed by atoms with E-state index < -0.39 is 29.9 Å². The number of β-lactam (4-membered cyclic amide) rings is 1. The number of aliphatic carboxylic acids is 1. The van der Waals surface area contributed by atoms with Gasteiger partial charge in [0.15, 0.2) is 22.7 Å². The highest BCUT2D eigenvalue weighted by atomic mass is 32.1. The summed E-state index contributed by atoms with van der Waals surface area (Å²) in [4.78, 5) is 52.5. The number of aryl methyl sites for hydroxylation is 1. The van der Waals surface area contributed by atoms with Crippen molar-refractivity contribution >= 4 is 56.7 Å². The molecule has 5 rings (SSSR count). The van der Waals surface area contributed by atoms with Gasteiger partial charge in [-0.15, -0.1) is 11.3 Å². The first-order chi connectivity index (χ1) is 16.8. The molecule has 2 aliphatic rings. The van der Waals surface area contributed by atoms with Crippen LogP contribution in [-0.4, -0.2) is 67.2 Å². The van der Waals surface area contributed by atoms with E-state index in [0.717, 1.165) is 22.4 Å². The van der Waals surface area contributed by atoms with E-state index in [4.69, 9.17) is 10.6 Å². The Hall–Kier alpha value is -4.33. The highest BCUT2D eigenvalue weighted by molar-refractivity contribution is 7.13. The number of pyridine rings is 1. The van der Waals surface area contributed by atoms with Crippen LogP contribution in [0.5, 0.6) is 0 Å². The van der Waals surface area contributed by atoms with Crippen LogP contribution in [0.2, 0.25) is 0 Å². The van der Waals surface area contributed by atoms with E-state index in [1.807, 2.05) is 11.6 Å². The fraction of sp³-hybridized carbons (Fsp3) is 0.286. The topological polar surface area (TPSA) is 169 Å². The van der Waals surface area contributed by atoms with Gasteiger partial charge in [0, 0.05) is 24.9 Å². The number of carboxylic acid groups (broad SMARTS) is 1. The van der Waals surface area contributed by atoms with Gasteiger partial charge < -0.3 is 25.6 Å². The number of carbonyl (C=O) groups is 3. The third kappa shape index (κ3) is 3.67. The van der Waals surface area contributed by atoms with Crippen LogP contribution >= 0.6 is 11.3 Å². The predicted octanol–water partition coefficient (Wildman–Crippen LogP) is -0.307. The molecule has 5 heterocycles. The number of carbonyl (C=O) groups excluding carboxylic acids is 2. The third-order valence-electron chi connectivity index (χ3n) is 6.04. The highest BCUT2D eigenvalue weighted by Gasteiger charge is 2.55. The molecular weight excluding hydrogens is 476 g/mol. The van der Waals surface area contributed by atoms with Crippen LogP contribution in [0, 0.1) is 0 Å². The second-order valence-corrected chi connectivity index (χ2v) is 8.93. The van der Waals surface area contributed by atoms with Crippen molar-refractivity contribution < 1.29 is 28.9 Å². The van der Waals surface area contributed by atoms with Crippen LogP contribution in [0.3, 0.4) is 0 Å². The maximum absolute atomic E-state index is 13.1. The summed E-state index contributed by atoms with van der Waals surface area (Å²) in [5.41, 5.74) is 7.70. The van der Waals surface area contributed by atoms with Gasteiger partial charge in [-0.2, -0.15) is 4.57 Å². The number of amides is 2. The minimum absolute atomic E-state index is 0.110. The summed E-state index contributed by atoms with van der Waals surface area (Å²) in [7, 11) is 3.13. The van der Waals surface area contributed by atoms with Gasteiger partial charge in [-0.3, -0.25) is 14.5 Å². The Bertz CT molecular complexity index is 1440. The van der Waals surface area contributed by atoms with Crippen LogP contribution in [0.4, 0.5) is 5.13 Å². The minimum Gasteiger partial charge on any atom is -0.476 e. The van der Waals surface area contributed by atoms with Crippen molar-refractivity contribution in [2.24, 2.45) is 12.2 Å².